The maximum absolute atomic E-state index is 10.7. The van der Waals surface area contributed by atoms with E-state index in [-0.39, 0.29) is 11.9 Å². The Kier molecular flexibility index (Phi) is 5.37. The number of pyridine rings is 1. The van der Waals surface area contributed by atoms with Crippen LogP contribution in [0.5, 0.6) is 0 Å². The highest BCUT2D eigenvalue weighted by Gasteiger charge is 2.07. The number of aromatic nitrogens is 1. The van der Waals surface area contributed by atoms with E-state index in [1.54, 1.807) is 6.20 Å². The number of amides is 1. The topological polar surface area (TPSA) is 68.0 Å². The molecule has 1 aromatic rings. The first kappa shape index (κ1) is 13.6. The SMILES string of the molecule is CC(CC(N)=O)NCc1ncc(Br)cc1Br. The molecule has 1 amide bonds. The molecule has 1 heterocycles. The summed E-state index contributed by atoms with van der Waals surface area (Å²) in [4.78, 5) is 14.9. The van der Waals surface area contributed by atoms with Crippen LogP contribution in [0.4, 0.5) is 0 Å². The molecule has 0 aliphatic carbocycles. The summed E-state index contributed by atoms with van der Waals surface area (Å²) in [6.45, 7) is 2.51. The fourth-order valence-electron chi connectivity index (χ4n) is 1.22. The fraction of sp³-hybridized carbons (Fsp3) is 0.400. The van der Waals surface area contributed by atoms with Gasteiger partial charge in [0, 0.05) is 34.1 Å². The second-order valence-electron chi connectivity index (χ2n) is 3.53. The van der Waals surface area contributed by atoms with Gasteiger partial charge >= 0.3 is 0 Å². The van der Waals surface area contributed by atoms with Crippen molar-refractivity contribution < 1.29 is 4.79 Å². The Morgan fingerprint density at radius 2 is 2.31 bits per heavy atom. The summed E-state index contributed by atoms with van der Waals surface area (Å²) < 4.78 is 1.86. The number of hydrogen-bond acceptors (Lipinski definition) is 3. The molecule has 1 atom stereocenters. The van der Waals surface area contributed by atoms with Gasteiger partial charge in [-0.25, -0.2) is 0 Å². The van der Waals surface area contributed by atoms with E-state index in [1.165, 1.54) is 0 Å². The van der Waals surface area contributed by atoms with Gasteiger partial charge in [0.05, 0.1) is 5.69 Å². The number of rotatable bonds is 5. The van der Waals surface area contributed by atoms with Crippen LogP contribution in [0.25, 0.3) is 0 Å². The third kappa shape index (κ3) is 4.59. The number of primary amides is 1. The molecule has 0 bridgehead atoms. The first-order valence-electron chi connectivity index (χ1n) is 4.80. The number of nitrogens with two attached hydrogens (primary N) is 1. The van der Waals surface area contributed by atoms with Crippen molar-refractivity contribution in [2.24, 2.45) is 5.73 Å². The van der Waals surface area contributed by atoms with Gasteiger partial charge in [-0.1, -0.05) is 0 Å². The fourth-order valence-corrected chi connectivity index (χ4v) is 2.35. The first-order valence-corrected chi connectivity index (χ1v) is 6.39. The summed E-state index contributed by atoms with van der Waals surface area (Å²) in [5.74, 6) is -0.303. The van der Waals surface area contributed by atoms with Gasteiger partial charge < -0.3 is 11.1 Å². The van der Waals surface area contributed by atoms with E-state index in [0.717, 1.165) is 14.6 Å². The highest BCUT2D eigenvalue weighted by molar-refractivity contribution is 9.11. The first-order chi connectivity index (χ1) is 7.49. The molecule has 1 unspecified atom stereocenters. The standard InChI is InChI=1S/C10H13Br2N3O/c1-6(2-10(13)16)14-5-9-8(12)3-7(11)4-15-9/h3-4,6,14H,2,5H2,1H3,(H2,13,16). The van der Waals surface area contributed by atoms with Crippen molar-refractivity contribution in [3.05, 3.63) is 26.9 Å². The Morgan fingerprint density at radius 3 is 2.88 bits per heavy atom. The van der Waals surface area contributed by atoms with Gasteiger partial charge in [-0.15, -0.1) is 0 Å². The van der Waals surface area contributed by atoms with E-state index in [4.69, 9.17) is 5.73 Å². The summed E-state index contributed by atoms with van der Waals surface area (Å²) in [5, 5.41) is 3.18. The van der Waals surface area contributed by atoms with Crippen LogP contribution in [0.3, 0.4) is 0 Å². The van der Waals surface area contributed by atoms with E-state index >= 15 is 0 Å². The molecule has 0 fully saturated rings. The zero-order valence-corrected chi connectivity index (χ0v) is 12.0. The van der Waals surface area contributed by atoms with Crippen LogP contribution in [0.2, 0.25) is 0 Å². The molecule has 0 aliphatic heterocycles. The highest BCUT2D eigenvalue weighted by Crippen LogP contribution is 2.19. The molecule has 0 saturated carbocycles. The third-order valence-electron chi connectivity index (χ3n) is 2.01. The molecule has 0 spiro atoms. The van der Waals surface area contributed by atoms with E-state index in [0.29, 0.717) is 13.0 Å². The van der Waals surface area contributed by atoms with E-state index in [9.17, 15) is 4.79 Å². The molecule has 88 valence electrons. The lowest BCUT2D eigenvalue weighted by Gasteiger charge is -2.12. The van der Waals surface area contributed by atoms with Gasteiger partial charge in [0.15, 0.2) is 0 Å². The largest absolute Gasteiger partial charge is 0.370 e. The van der Waals surface area contributed by atoms with E-state index in [2.05, 4.69) is 42.2 Å². The number of nitrogens with zero attached hydrogens (tertiary/aromatic N) is 1. The van der Waals surface area contributed by atoms with Gasteiger partial charge in [-0.05, 0) is 44.8 Å². The lowest BCUT2D eigenvalue weighted by atomic mass is 10.2. The van der Waals surface area contributed by atoms with Crippen LogP contribution < -0.4 is 11.1 Å². The quantitative estimate of drug-likeness (QED) is 0.852. The molecular formula is C10H13Br2N3O. The van der Waals surface area contributed by atoms with Crippen molar-refractivity contribution in [2.45, 2.75) is 25.9 Å². The smallest absolute Gasteiger partial charge is 0.218 e. The lowest BCUT2D eigenvalue weighted by molar-refractivity contribution is -0.118. The van der Waals surface area contributed by atoms with Gasteiger partial charge in [-0.3, -0.25) is 9.78 Å². The van der Waals surface area contributed by atoms with Crippen molar-refractivity contribution in [3.63, 3.8) is 0 Å². The normalized spacial score (nSPS) is 12.4. The molecular weight excluding hydrogens is 338 g/mol. The molecule has 16 heavy (non-hydrogen) atoms. The van der Waals surface area contributed by atoms with E-state index in [1.807, 2.05) is 13.0 Å². The Morgan fingerprint density at radius 1 is 1.62 bits per heavy atom. The summed E-state index contributed by atoms with van der Waals surface area (Å²) in [6.07, 6.45) is 2.06. The number of nitrogens with one attached hydrogen (secondary N) is 1. The molecule has 0 saturated heterocycles. The lowest BCUT2D eigenvalue weighted by Crippen LogP contribution is -2.30. The molecule has 6 heteroatoms. The zero-order valence-electron chi connectivity index (χ0n) is 8.84. The Labute approximate surface area is 111 Å². The average molecular weight is 351 g/mol. The Bertz CT molecular complexity index is 384. The molecule has 4 nitrogen and oxygen atoms in total. The minimum absolute atomic E-state index is 0.0508. The monoisotopic (exact) mass is 349 g/mol. The van der Waals surface area contributed by atoms with Crippen molar-refractivity contribution in [1.82, 2.24) is 10.3 Å². The van der Waals surface area contributed by atoms with Crippen molar-refractivity contribution in [1.29, 1.82) is 0 Å². The van der Waals surface area contributed by atoms with E-state index < -0.39 is 0 Å². The van der Waals surface area contributed by atoms with Gasteiger partial charge in [0.2, 0.25) is 5.91 Å². The average Bonchev–Trinajstić information content (AvgIpc) is 2.15. The van der Waals surface area contributed by atoms with Crippen LogP contribution in [0.15, 0.2) is 21.2 Å². The van der Waals surface area contributed by atoms with Crippen LogP contribution in [-0.4, -0.2) is 16.9 Å². The Balaban J connectivity index is 2.51. The Hall–Kier alpha value is -0.460. The van der Waals surface area contributed by atoms with Gasteiger partial charge in [0.25, 0.3) is 0 Å². The third-order valence-corrected chi connectivity index (χ3v) is 3.13. The molecule has 1 aromatic heterocycles. The molecule has 0 aromatic carbocycles. The highest BCUT2D eigenvalue weighted by atomic mass is 79.9. The molecule has 0 aliphatic rings. The van der Waals surface area contributed by atoms with Crippen LogP contribution in [0, 0.1) is 0 Å². The van der Waals surface area contributed by atoms with Crippen LogP contribution in [0.1, 0.15) is 19.0 Å². The predicted octanol–water partition coefficient (Wildman–Crippen LogP) is 1.96. The van der Waals surface area contributed by atoms with Crippen LogP contribution >= 0.6 is 31.9 Å². The molecule has 3 N–H and O–H groups in total. The number of carbonyl (C=O) groups excluding carboxylic acids is 1. The minimum Gasteiger partial charge on any atom is -0.370 e. The van der Waals surface area contributed by atoms with Crippen LogP contribution in [-0.2, 0) is 11.3 Å². The summed E-state index contributed by atoms with van der Waals surface area (Å²) in [6, 6.07) is 1.98. The molecule has 0 radical (unpaired) electrons. The van der Waals surface area contributed by atoms with Crippen molar-refractivity contribution >= 4 is 37.8 Å². The number of halogens is 2. The zero-order chi connectivity index (χ0) is 12.1. The second kappa shape index (κ2) is 6.32. The summed E-state index contributed by atoms with van der Waals surface area (Å²) in [7, 11) is 0. The van der Waals surface area contributed by atoms with Crippen molar-refractivity contribution in [3.8, 4) is 0 Å². The molecule has 1 rings (SSSR count). The maximum atomic E-state index is 10.7. The second-order valence-corrected chi connectivity index (χ2v) is 5.30. The number of carbonyl (C=O) groups is 1. The van der Waals surface area contributed by atoms with Gasteiger partial charge in [0.1, 0.15) is 0 Å². The predicted molar refractivity (Wildman–Crippen MR) is 69.8 cm³/mol. The van der Waals surface area contributed by atoms with Crippen molar-refractivity contribution in [2.75, 3.05) is 0 Å². The number of hydrogen-bond donors (Lipinski definition) is 2. The summed E-state index contributed by atoms with van der Waals surface area (Å²) >= 11 is 6.76. The summed E-state index contributed by atoms with van der Waals surface area (Å²) in [5.41, 5.74) is 6.00. The minimum atomic E-state index is -0.303. The van der Waals surface area contributed by atoms with Gasteiger partial charge in [-0.2, -0.15) is 0 Å². The maximum Gasteiger partial charge on any atom is 0.218 e.